The highest BCUT2D eigenvalue weighted by atomic mass is 16.6. The Morgan fingerprint density at radius 2 is 0.547 bits per heavy atom. The molecule has 6 heteroatoms. The first-order chi connectivity index (χ1) is 31.1. The van der Waals surface area contributed by atoms with Crippen LogP contribution in [0, 0.1) is 17.8 Å². The Balaban J connectivity index is 4.30. The summed E-state index contributed by atoms with van der Waals surface area (Å²) in [5, 5.41) is 0. The number of carbonyl (C=O) groups excluding carboxylic acids is 3. The summed E-state index contributed by atoms with van der Waals surface area (Å²) in [7, 11) is 0. The lowest BCUT2D eigenvalue weighted by atomic mass is 9.99. The third-order valence-corrected chi connectivity index (χ3v) is 13.5. The predicted molar refractivity (Wildman–Crippen MR) is 275 cm³/mol. The summed E-state index contributed by atoms with van der Waals surface area (Å²) < 4.78 is 16.9. The van der Waals surface area contributed by atoms with Gasteiger partial charge in [0.25, 0.3) is 0 Å². The van der Waals surface area contributed by atoms with Gasteiger partial charge >= 0.3 is 17.9 Å². The molecule has 0 bridgehead atoms. The zero-order chi connectivity index (χ0) is 47.0. The first-order valence-corrected chi connectivity index (χ1v) is 28.6. The number of carbonyl (C=O) groups is 3. The van der Waals surface area contributed by atoms with Crippen LogP contribution in [0.1, 0.15) is 318 Å². The van der Waals surface area contributed by atoms with Crippen LogP contribution in [0.2, 0.25) is 0 Å². The SMILES string of the molecule is CCC(C)CCCCCCCCCCC(=O)OC[C@@H](COC(=O)CCCCCCCCCCCCCCCCC(C)C)OC(=O)CCCCCCCCCCCCCCCCC(C)C. The molecule has 0 heterocycles. The van der Waals surface area contributed by atoms with Crippen LogP contribution in [0.25, 0.3) is 0 Å². The minimum atomic E-state index is -0.764. The molecule has 2 atom stereocenters. The van der Waals surface area contributed by atoms with Gasteiger partial charge in [0.1, 0.15) is 13.2 Å². The molecule has 0 saturated heterocycles. The summed E-state index contributed by atoms with van der Waals surface area (Å²) in [6.45, 7) is 13.8. The lowest BCUT2D eigenvalue weighted by Crippen LogP contribution is -2.30. The highest BCUT2D eigenvalue weighted by molar-refractivity contribution is 5.71. The lowest BCUT2D eigenvalue weighted by Gasteiger charge is -2.18. The van der Waals surface area contributed by atoms with Crippen molar-refractivity contribution in [1.29, 1.82) is 0 Å². The van der Waals surface area contributed by atoms with Gasteiger partial charge in [0.2, 0.25) is 0 Å². The molecule has 0 aliphatic carbocycles. The fourth-order valence-electron chi connectivity index (χ4n) is 8.79. The minimum absolute atomic E-state index is 0.0638. The normalized spacial score (nSPS) is 12.6. The van der Waals surface area contributed by atoms with Crippen molar-refractivity contribution in [3.8, 4) is 0 Å². The van der Waals surface area contributed by atoms with E-state index in [0.29, 0.717) is 19.3 Å². The Morgan fingerprint density at radius 3 is 0.812 bits per heavy atom. The molecule has 6 nitrogen and oxygen atoms in total. The molecular weight excluding hydrogens is 793 g/mol. The standard InChI is InChI=1S/C58H112O6/c1-7-54(6)46-40-34-28-24-25-30-36-42-48-57(60)63-51-55(64-58(61)49-43-37-31-23-19-15-11-9-13-17-21-27-33-39-45-53(4)5)50-62-56(59)47-41-35-29-22-18-14-10-8-12-16-20-26-32-38-44-52(2)3/h52-55H,7-51H2,1-6H3/t54?,55-/m1/s1. The summed E-state index contributed by atoms with van der Waals surface area (Å²) in [4.78, 5) is 38.1. The van der Waals surface area contributed by atoms with Crippen molar-refractivity contribution in [2.45, 2.75) is 324 Å². The number of hydrogen-bond donors (Lipinski definition) is 0. The molecular formula is C58H112O6. The van der Waals surface area contributed by atoms with E-state index >= 15 is 0 Å². The minimum Gasteiger partial charge on any atom is -0.462 e. The van der Waals surface area contributed by atoms with Gasteiger partial charge in [-0.2, -0.15) is 0 Å². The second-order valence-corrected chi connectivity index (χ2v) is 21.1. The zero-order valence-electron chi connectivity index (χ0n) is 44.1. The molecule has 0 radical (unpaired) electrons. The molecule has 0 amide bonds. The van der Waals surface area contributed by atoms with E-state index in [4.69, 9.17) is 14.2 Å². The van der Waals surface area contributed by atoms with Gasteiger partial charge in [-0.25, -0.2) is 0 Å². The number of ether oxygens (including phenoxy) is 3. The van der Waals surface area contributed by atoms with Gasteiger partial charge in [-0.05, 0) is 37.0 Å². The van der Waals surface area contributed by atoms with Crippen molar-refractivity contribution < 1.29 is 28.6 Å². The molecule has 0 spiro atoms. The van der Waals surface area contributed by atoms with E-state index in [9.17, 15) is 14.4 Å². The molecule has 380 valence electrons. The van der Waals surface area contributed by atoms with E-state index in [1.807, 2.05) is 0 Å². The molecule has 0 rings (SSSR count). The topological polar surface area (TPSA) is 78.9 Å². The number of rotatable bonds is 51. The molecule has 0 saturated carbocycles. The van der Waals surface area contributed by atoms with E-state index in [1.165, 1.54) is 199 Å². The van der Waals surface area contributed by atoms with Crippen molar-refractivity contribution >= 4 is 17.9 Å². The van der Waals surface area contributed by atoms with Gasteiger partial charge in [-0.3, -0.25) is 14.4 Å². The highest BCUT2D eigenvalue weighted by Crippen LogP contribution is 2.19. The van der Waals surface area contributed by atoms with Crippen LogP contribution in [0.15, 0.2) is 0 Å². The van der Waals surface area contributed by atoms with Gasteiger partial charge in [-0.15, -0.1) is 0 Å². The number of hydrogen-bond acceptors (Lipinski definition) is 6. The van der Waals surface area contributed by atoms with E-state index < -0.39 is 6.10 Å². The monoisotopic (exact) mass is 905 g/mol. The third-order valence-electron chi connectivity index (χ3n) is 13.5. The van der Waals surface area contributed by atoms with Crippen LogP contribution in [-0.2, 0) is 28.6 Å². The summed E-state index contributed by atoms with van der Waals surface area (Å²) in [6, 6.07) is 0. The molecule has 0 fully saturated rings. The molecule has 0 aromatic rings. The van der Waals surface area contributed by atoms with Crippen LogP contribution in [0.5, 0.6) is 0 Å². The number of esters is 3. The summed E-state index contributed by atoms with van der Waals surface area (Å²) in [5.41, 5.74) is 0. The first kappa shape index (κ1) is 62.4. The Hall–Kier alpha value is -1.59. The maximum atomic E-state index is 12.8. The summed E-state index contributed by atoms with van der Waals surface area (Å²) in [6.07, 6.45) is 50.9. The molecule has 64 heavy (non-hydrogen) atoms. The molecule has 0 N–H and O–H groups in total. The van der Waals surface area contributed by atoms with Crippen LogP contribution in [-0.4, -0.2) is 37.2 Å². The second kappa shape index (κ2) is 49.3. The van der Waals surface area contributed by atoms with E-state index in [0.717, 1.165) is 75.5 Å². The molecule has 1 unspecified atom stereocenters. The summed E-state index contributed by atoms with van der Waals surface area (Å²) in [5.74, 6) is 1.69. The second-order valence-electron chi connectivity index (χ2n) is 21.1. The van der Waals surface area contributed by atoms with Crippen LogP contribution in [0.3, 0.4) is 0 Å². The van der Waals surface area contributed by atoms with Crippen molar-refractivity contribution in [2.24, 2.45) is 17.8 Å². The quantitative estimate of drug-likeness (QED) is 0.0344. The summed E-state index contributed by atoms with van der Waals surface area (Å²) >= 11 is 0. The predicted octanol–water partition coefficient (Wildman–Crippen LogP) is 18.7. The largest absolute Gasteiger partial charge is 0.462 e. The van der Waals surface area contributed by atoms with Gasteiger partial charge in [0.05, 0.1) is 0 Å². The van der Waals surface area contributed by atoms with Crippen LogP contribution < -0.4 is 0 Å². The van der Waals surface area contributed by atoms with E-state index in [-0.39, 0.29) is 31.1 Å². The average molecular weight is 906 g/mol. The van der Waals surface area contributed by atoms with Crippen molar-refractivity contribution in [1.82, 2.24) is 0 Å². The maximum Gasteiger partial charge on any atom is 0.306 e. The Bertz CT molecular complexity index is 993. The third kappa shape index (κ3) is 49.8. The maximum absolute atomic E-state index is 12.8. The number of unbranched alkanes of at least 4 members (excludes halogenated alkanes) is 33. The van der Waals surface area contributed by atoms with Gasteiger partial charge in [0.15, 0.2) is 6.10 Å². The van der Waals surface area contributed by atoms with Crippen LogP contribution in [0.4, 0.5) is 0 Å². The first-order valence-electron chi connectivity index (χ1n) is 28.6. The lowest BCUT2D eigenvalue weighted by molar-refractivity contribution is -0.167. The molecule has 0 aliphatic rings. The van der Waals surface area contributed by atoms with Gasteiger partial charge < -0.3 is 14.2 Å². The fourth-order valence-corrected chi connectivity index (χ4v) is 8.79. The molecule has 0 aromatic heterocycles. The smallest absolute Gasteiger partial charge is 0.306 e. The van der Waals surface area contributed by atoms with Crippen LogP contribution >= 0.6 is 0 Å². The Labute approximate surface area is 399 Å². The average Bonchev–Trinajstić information content (AvgIpc) is 3.27. The molecule has 0 aliphatic heterocycles. The Morgan fingerprint density at radius 1 is 0.312 bits per heavy atom. The van der Waals surface area contributed by atoms with Gasteiger partial charge in [-0.1, -0.05) is 279 Å². The molecule has 0 aromatic carbocycles. The van der Waals surface area contributed by atoms with Gasteiger partial charge in [0, 0.05) is 19.3 Å². The van der Waals surface area contributed by atoms with Crippen molar-refractivity contribution in [3.63, 3.8) is 0 Å². The highest BCUT2D eigenvalue weighted by Gasteiger charge is 2.19. The van der Waals surface area contributed by atoms with Crippen molar-refractivity contribution in [2.75, 3.05) is 13.2 Å². The van der Waals surface area contributed by atoms with Crippen molar-refractivity contribution in [3.05, 3.63) is 0 Å². The Kier molecular flexibility index (Phi) is 48.1. The fraction of sp³-hybridized carbons (Fsp3) is 0.948. The van der Waals surface area contributed by atoms with E-state index in [2.05, 4.69) is 41.5 Å². The van der Waals surface area contributed by atoms with E-state index in [1.54, 1.807) is 0 Å². The zero-order valence-corrected chi connectivity index (χ0v) is 44.1.